The third-order valence-corrected chi connectivity index (χ3v) is 4.14. The normalized spacial score (nSPS) is 10.9. The van der Waals surface area contributed by atoms with Gasteiger partial charge >= 0.3 is 11.9 Å². The molecule has 0 atom stereocenters. The fourth-order valence-corrected chi connectivity index (χ4v) is 2.56. The Labute approximate surface area is 169 Å². The summed E-state index contributed by atoms with van der Waals surface area (Å²) >= 11 is 0. The topological polar surface area (TPSA) is 52.6 Å². The molecule has 29 heavy (non-hydrogen) atoms. The van der Waals surface area contributed by atoms with E-state index in [0.717, 1.165) is 37.5 Å². The predicted molar refractivity (Wildman–Crippen MR) is 106 cm³/mol. The first-order valence-corrected chi connectivity index (χ1v) is 9.65. The van der Waals surface area contributed by atoms with Crippen molar-refractivity contribution < 1.29 is 27.8 Å². The summed E-state index contributed by atoms with van der Waals surface area (Å²) in [5.41, 5.74) is 0.178. The summed E-state index contributed by atoms with van der Waals surface area (Å²) in [5, 5.41) is 0. The molecule has 0 radical (unpaired) electrons. The van der Waals surface area contributed by atoms with Gasteiger partial charge in [0.1, 0.15) is 11.5 Å². The Morgan fingerprint density at radius 3 is 2.24 bits per heavy atom. The number of hydrogen-bond acceptors (Lipinski definition) is 4. The third kappa shape index (κ3) is 7.86. The average Bonchev–Trinajstić information content (AvgIpc) is 2.70. The maximum Gasteiger partial charge on any atom is 0.343 e. The van der Waals surface area contributed by atoms with Gasteiger partial charge in [0.25, 0.3) is 0 Å². The van der Waals surface area contributed by atoms with Gasteiger partial charge in [0, 0.05) is 12.1 Å². The fraction of sp³-hybridized carbons (Fsp3) is 0.304. The quantitative estimate of drug-likeness (QED) is 0.211. The first-order chi connectivity index (χ1) is 14.0. The summed E-state index contributed by atoms with van der Waals surface area (Å²) in [6.07, 6.45) is 9.84. The number of benzene rings is 2. The van der Waals surface area contributed by atoms with Crippen LogP contribution in [0.3, 0.4) is 0 Å². The standard InChI is InChI=1S/C23H24F2O4/c1-2-3-4-5-6-7-8-9-22(26)28-18-12-10-17(11-13-18)23(27)29-19-14-15-20(24)21(25)16-19/h8-16H,2-7H2,1H3/b9-8+. The molecule has 0 aliphatic carbocycles. The van der Waals surface area contributed by atoms with Crippen molar-refractivity contribution in [2.75, 3.05) is 0 Å². The molecule has 4 nitrogen and oxygen atoms in total. The van der Waals surface area contributed by atoms with Crippen LogP contribution in [0.2, 0.25) is 0 Å². The van der Waals surface area contributed by atoms with Crippen molar-refractivity contribution in [1.29, 1.82) is 0 Å². The third-order valence-electron chi connectivity index (χ3n) is 4.14. The monoisotopic (exact) mass is 402 g/mol. The molecule has 6 heteroatoms. The van der Waals surface area contributed by atoms with E-state index in [2.05, 4.69) is 6.92 Å². The minimum Gasteiger partial charge on any atom is -0.423 e. The van der Waals surface area contributed by atoms with Crippen LogP contribution in [0.1, 0.15) is 55.8 Å². The fourth-order valence-electron chi connectivity index (χ4n) is 2.56. The molecule has 0 N–H and O–H groups in total. The van der Waals surface area contributed by atoms with Crippen LogP contribution in [0.5, 0.6) is 11.5 Å². The molecule has 154 valence electrons. The van der Waals surface area contributed by atoms with Gasteiger partial charge in [0.2, 0.25) is 0 Å². The van der Waals surface area contributed by atoms with E-state index in [1.807, 2.05) is 0 Å². The Hall–Kier alpha value is -3.02. The number of rotatable bonds is 10. The molecule has 2 rings (SSSR count). The number of halogens is 2. The Bertz CT molecular complexity index is 844. The Balaban J connectivity index is 1.80. The van der Waals surface area contributed by atoms with Crippen LogP contribution in [0.25, 0.3) is 0 Å². The highest BCUT2D eigenvalue weighted by molar-refractivity contribution is 5.91. The van der Waals surface area contributed by atoms with Crippen LogP contribution in [0.4, 0.5) is 8.78 Å². The van der Waals surface area contributed by atoms with Gasteiger partial charge in [0.05, 0.1) is 5.56 Å². The minimum atomic E-state index is -1.11. The summed E-state index contributed by atoms with van der Waals surface area (Å²) < 4.78 is 36.2. The molecular formula is C23H24F2O4. The van der Waals surface area contributed by atoms with E-state index in [1.165, 1.54) is 49.6 Å². The van der Waals surface area contributed by atoms with Gasteiger partial charge in [-0.2, -0.15) is 0 Å². The van der Waals surface area contributed by atoms with Crippen molar-refractivity contribution in [2.24, 2.45) is 0 Å². The number of allylic oxidation sites excluding steroid dienone is 1. The van der Waals surface area contributed by atoms with Crippen molar-refractivity contribution >= 4 is 11.9 Å². The second-order valence-electron chi connectivity index (χ2n) is 6.52. The van der Waals surface area contributed by atoms with Gasteiger partial charge in [-0.25, -0.2) is 18.4 Å². The molecule has 0 aromatic heterocycles. The van der Waals surface area contributed by atoms with E-state index < -0.39 is 23.6 Å². The molecule has 0 fully saturated rings. The zero-order chi connectivity index (χ0) is 21.1. The van der Waals surface area contributed by atoms with Gasteiger partial charge in [-0.15, -0.1) is 0 Å². The van der Waals surface area contributed by atoms with E-state index in [-0.39, 0.29) is 17.1 Å². The maximum atomic E-state index is 13.2. The van der Waals surface area contributed by atoms with Gasteiger partial charge in [-0.05, 0) is 49.2 Å². The molecule has 0 spiro atoms. The maximum absolute atomic E-state index is 13.2. The smallest absolute Gasteiger partial charge is 0.343 e. The summed E-state index contributed by atoms with van der Waals surface area (Å²) in [7, 11) is 0. The van der Waals surface area contributed by atoms with E-state index >= 15 is 0 Å². The van der Waals surface area contributed by atoms with Crippen molar-refractivity contribution in [3.8, 4) is 11.5 Å². The SMILES string of the molecule is CCCCCCC/C=C/C(=O)Oc1ccc(C(=O)Oc2ccc(F)c(F)c2)cc1. The van der Waals surface area contributed by atoms with E-state index in [1.54, 1.807) is 6.08 Å². The molecule has 0 aliphatic rings. The van der Waals surface area contributed by atoms with Crippen molar-refractivity contribution in [2.45, 2.75) is 45.4 Å². The molecule has 0 unspecified atom stereocenters. The van der Waals surface area contributed by atoms with Gasteiger partial charge < -0.3 is 9.47 Å². The number of hydrogen-bond donors (Lipinski definition) is 0. The summed E-state index contributed by atoms with van der Waals surface area (Å²) in [4.78, 5) is 23.9. The summed E-state index contributed by atoms with van der Waals surface area (Å²) in [5.74, 6) is -3.18. The summed E-state index contributed by atoms with van der Waals surface area (Å²) in [6, 6.07) is 8.57. The average molecular weight is 402 g/mol. The molecule has 0 heterocycles. The number of esters is 2. The van der Waals surface area contributed by atoms with Crippen LogP contribution in [0, 0.1) is 11.6 Å². The number of unbranched alkanes of at least 4 members (excludes halogenated alkanes) is 5. The van der Waals surface area contributed by atoms with E-state index in [9.17, 15) is 18.4 Å². The van der Waals surface area contributed by atoms with Crippen molar-refractivity contribution in [1.82, 2.24) is 0 Å². The molecule has 0 aliphatic heterocycles. The highest BCUT2D eigenvalue weighted by atomic mass is 19.2. The minimum absolute atomic E-state index is 0.107. The molecule has 0 saturated heterocycles. The number of carbonyl (C=O) groups is 2. The van der Waals surface area contributed by atoms with Crippen LogP contribution in [-0.4, -0.2) is 11.9 Å². The summed E-state index contributed by atoms with van der Waals surface area (Å²) in [6.45, 7) is 2.16. The Kier molecular flexibility index (Phi) is 9.02. The molecule has 0 amide bonds. The number of ether oxygens (including phenoxy) is 2. The first-order valence-electron chi connectivity index (χ1n) is 9.65. The Morgan fingerprint density at radius 1 is 0.862 bits per heavy atom. The van der Waals surface area contributed by atoms with Gasteiger partial charge in [0.15, 0.2) is 11.6 Å². The van der Waals surface area contributed by atoms with Crippen LogP contribution >= 0.6 is 0 Å². The zero-order valence-corrected chi connectivity index (χ0v) is 16.3. The van der Waals surface area contributed by atoms with E-state index in [0.29, 0.717) is 0 Å². The zero-order valence-electron chi connectivity index (χ0n) is 16.3. The molecule has 2 aromatic rings. The first kappa shape index (κ1) is 22.3. The van der Waals surface area contributed by atoms with Crippen LogP contribution < -0.4 is 9.47 Å². The molecule has 2 aromatic carbocycles. The molecule has 0 bridgehead atoms. The van der Waals surface area contributed by atoms with Crippen molar-refractivity contribution in [3.63, 3.8) is 0 Å². The second kappa shape index (κ2) is 11.7. The van der Waals surface area contributed by atoms with E-state index in [4.69, 9.17) is 9.47 Å². The lowest BCUT2D eigenvalue weighted by atomic mass is 10.1. The number of carbonyl (C=O) groups excluding carboxylic acids is 2. The lowest BCUT2D eigenvalue weighted by Crippen LogP contribution is -2.09. The lowest BCUT2D eigenvalue weighted by molar-refractivity contribution is -0.129. The lowest BCUT2D eigenvalue weighted by Gasteiger charge is -2.06. The van der Waals surface area contributed by atoms with Gasteiger partial charge in [-0.3, -0.25) is 0 Å². The van der Waals surface area contributed by atoms with Crippen molar-refractivity contribution in [3.05, 3.63) is 71.8 Å². The van der Waals surface area contributed by atoms with Gasteiger partial charge in [-0.1, -0.05) is 38.7 Å². The molecule has 0 saturated carbocycles. The largest absolute Gasteiger partial charge is 0.423 e. The highest BCUT2D eigenvalue weighted by Crippen LogP contribution is 2.18. The second-order valence-corrected chi connectivity index (χ2v) is 6.52. The predicted octanol–water partition coefficient (Wildman–Crippen LogP) is 6.01. The van der Waals surface area contributed by atoms with Crippen LogP contribution in [-0.2, 0) is 4.79 Å². The Morgan fingerprint density at radius 2 is 1.55 bits per heavy atom. The molecular weight excluding hydrogens is 378 g/mol. The highest BCUT2D eigenvalue weighted by Gasteiger charge is 2.11. The van der Waals surface area contributed by atoms with Crippen LogP contribution in [0.15, 0.2) is 54.6 Å².